The predicted molar refractivity (Wildman–Crippen MR) is 107 cm³/mol. The minimum Gasteiger partial charge on any atom is -0.466 e. The van der Waals surface area contributed by atoms with Crippen LogP contribution < -0.4 is 0 Å². The van der Waals surface area contributed by atoms with Crippen molar-refractivity contribution in [1.82, 2.24) is 4.90 Å². The first-order valence-electron chi connectivity index (χ1n) is 10.3. The van der Waals surface area contributed by atoms with E-state index in [-0.39, 0.29) is 11.4 Å². The quantitative estimate of drug-likeness (QED) is 0.618. The average molecular weight is 396 g/mol. The largest absolute Gasteiger partial charge is 0.466 e. The lowest BCUT2D eigenvalue weighted by atomic mass is 9.76. The highest BCUT2D eigenvalue weighted by Crippen LogP contribution is 2.38. The molecule has 0 aromatic carbocycles. The van der Waals surface area contributed by atoms with E-state index >= 15 is 0 Å². The predicted octanol–water partition coefficient (Wildman–Crippen LogP) is 4.17. The molecule has 0 bridgehead atoms. The third-order valence-corrected chi connectivity index (χ3v) is 7.03. The molecule has 1 unspecified atom stereocenters. The number of hydrogen-bond acceptors (Lipinski definition) is 6. The highest BCUT2D eigenvalue weighted by molar-refractivity contribution is 7.12. The van der Waals surface area contributed by atoms with Gasteiger partial charge in [-0.3, -0.25) is 9.69 Å². The first kappa shape index (κ1) is 20.8. The molecule has 2 aliphatic heterocycles. The number of likely N-dealkylation sites (tertiary alicyclic amines) is 1. The number of carbonyl (C=O) groups is 1. The maximum atomic E-state index is 12.6. The van der Waals surface area contributed by atoms with E-state index in [1.807, 2.05) is 18.3 Å². The number of ether oxygens (including phenoxy) is 3. The van der Waals surface area contributed by atoms with Crippen LogP contribution in [0.25, 0.3) is 0 Å². The molecule has 5 nitrogen and oxygen atoms in total. The fourth-order valence-electron chi connectivity index (χ4n) is 4.12. The minimum atomic E-state index is -0.376. The van der Waals surface area contributed by atoms with Gasteiger partial charge in [0.15, 0.2) is 0 Å². The molecule has 1 atom stereocenters. The van der Waals surface area contributed by atoms with Gasteiger partial charge in [-0.05, 0) is 70.7 Å². The Kier molecular flexibility index (Phi) is 7.70. The van der Waals surface area contributed by atoms with Gasteiger partial charge in [-0.15, -0.1) is 11.3 Å². The van der Waals surface area contributed by atoms with E-state index in [0.717, 1.165) is 51.9 Å². The van der Waals surface area contributed by atoms with Gasteiger partial charge in [0.2, 0.25) is 0 Å². The third-order valence-electron chi connectivity index (χ3n) is 5.87. The molecular formula is C21H33NO4S. The van der Waals surface area contributed by atoms with Crippen molar-refractivity contribution >= 4 is 17.3 Å². The van der Waals surface area contributed by atoms with Crippen LogP contribution in [0.2, 0.25) is 0 Å². The van der Waals surface area contributed by atoms with E-state index < -0.39 is 0 Å². The Hall–Kier alpha value is -0.950. The highest BCUT2D eigenvalue weighted by Gasteiger charge is 2.42. The Balaban J connectivity index is 1.55. The van der Waals surface area contributed by atoms with E-state index in [0.29, 0.717) is 19.3 Å². The van der Waals surface area contributed by atoms with Gasteiger partial charge < -0.3 is 14.2 Å². The van der Waals surface area contributed by atoms with Gasteiger partial charge in [-0.1, -0.05) is 0 Å². The Morgan fingerprint density at radius 1 is 1.33 bits per heavy atom. The van der Waals surface area contributed by atoms with Gasteiger partial charge >= 0.3 is 5.97 Å². The Labute approximate surface area is 167 Å². The molecule has 0 spiro atoms. The van der Waals surface area contributed by atoms with Crippen molar-refractivity contribution in [1.29, 1.82) is 0 Å². The standard InChI is InChI=1S/C21H33NO4S/c1-3-25-20(23)21(11-15-24-2)9-12-22(13-10-21)16-17-7-8-19(27-17)18-6-4-5-14-26-18/h7-8,18H,3-6,9-16H2,1-2H3. The van der Waals surface area contributed by atoms with E-state index in [4.69, 9.17) is 14.2 Å². The van der Waals surface area contributed by atoms with Gasteiger partial charge in [0.25, 0.3) is 0 Å². The smallest absolute Gasteiger partial charge is 0.312 e. The summed E-state index contributed by atoms with van der Waals surface area (Å²) in [5.41, 5.74) is -0.376. The van der Waals surface area contributed by atoms with Crippen LogP contribution >= 0.6 is 11.3 Å². The lowest BCUT2D eigenvalue weighted by Gasteiger charge is -2.39. The second kappa shape index (κ2) is 10.0. The maximum Gasteiger partial charge on any atom is 0.312 e. The molecule has 6 heteroatoms. The van der Waals surface area contributed by atoms with Crippen molar-refractivity contribution in [2.24, 2.45) is 5.41 Å². The summed E-state index contributed by atoms with van der Waals surface area (Å²) >= 11 is 1.88. The van der Waals surface area contributed by atoms with Crippen LogP contribution in [0.3, 0.4) is 0 Å². The molecule has 3 rings (SSSR count). The van der Waals surface area contributed by atoms with Crippen LogP contribution in [0.4, 0.5) is 0 Å². The monoisotopic (exact) mass is 395 g/mol. The van der Waals surface area contributed by atoms with Gasteiger partial charge in [0.1, 0.15) is 0 Å². The van der Waals surface area contributed by atoms with Gasteiger partial charge in [0, 0.05) is 36.6 Å². The molecule has 0 radical (unpaired) electrons. The van der Waals surface area contributed by atoms with Crippen LogP contribution in [0.1, 0.15) is 61.3 Å². The van der Waals surface area contributed by atoms with E-state index in [9.17, 15) is 4.79 Å². The lowest BCUT2D eigenvalue weighted by molar-refractivity contribution is -0.160. The number of methoxy groups -OCH3 is 1. The Bertz CT molecular complexity index is 589. The zero-order valence-electron chi connectivity index (χ0n) is 16.7. The van der Waals surface area contributed by atoms with Gasteiger partial charge in [-0.25, -0.2) is 0 Å². The van der Waals surface area contributed by atoms with Crippen LogP contribution in [0.5, 0.6) is 0 Å². The molecule has 1 aromatic heterocycles. The SMILES string of the molecule is CCOC(=O)C1(CCOC)CCN(Cc2ccc(C3CCCCO3)s2)CC1. The average Bonchev–Trinajstić information content (AvgIpc) is 3.17. The third kappa shape index (κ3) is 5.31. The number of hydrogen-bond donors (Lipinski definition) is 0. The summed E-state index contributed by atoms with van der Waals surface area (Å²) in [6, 6.07) is 4.48. The second-order valence-electron chi connectivity index (χ2n) is 7.68. The first-order valence-corrected chi connectivity index (χ1v) is 11.1. The van der Waals surface area contributed by atoms with Crippen molar-refractivity contribution in [2.75, 3.05) is 40.0 Å². The van der Waals surface area contributed by atoms with E-state index in [2.05, 4.69) is 17.0 Å². The summed E-state index contributed by atoms with van der Waals surface area (Å²) in [5.74, 6) is -0.0467. The Morgan fingerprint density at radius 2 is 2.15 bits per heavy atom. The molecule has 0 aliphatic carbocycles. The molecule has 27 heavy (non-hydrogen) atoms. The molecule has 3 heterocycles. The van der Waals surface area contributed by atoms with Crippen LogP contribution in [0, 0.1) is 5.41 Å². The fraction of sp³-hybridized carbons (Fsp3) is 0.762. The molecule has 152 valence electrons. The zero-order chi connectivity index (χ0) is 19.1. The number of nitrogens with zero attached hydrogens (tertiary/aromatic N) is 1. The first-order chi connectivity index (χ1) is 13.2. The zero-order valence-corrected chi connectivity index (χ0v) is 17.5. The number of piperidine rings is 1. The second-order valence-corrected chi connectivity index (χ2v) is 8.88. The summed E-state index contributed by atoms with van der Waals surface area (Å²) in [6.45, 7) is 6.63. The van der Waals surface area contributed by atoms with E-state index in [1.165, 1.54) is 22.6 Å². The molecule has 2 saturated heterocycles. The molecule has 0 N–H and O–H groups in total. The number of thiophene rings is 1. The topological polar surface area (TPSA) is 48.0 Å². The summed E-state index contributed by atoms with van der Waals surface area (Å²) in [6.07, 6.45) is 6.33. The molecule has 2 fully saturated rings. The lowest BCUT2D eigenvalue weighted by Crippen LogP contribution is -2.45. The van der Waals surface area contributed by atoms with Crippen molar-refractivity contribution < 1.29 is 19.0 Å². The van der Waals surface area contributed by atoms with Crippen molar-refractivity contribution in [3.63, 3.8) is 0 Å². The van der Waals surface area contributed by atoms with Crippen LogP contribution in [0.15, 0.2) is 12.1 Å². The maximum absolute atomic E-state index is 12.6. The summed E-state index contributed by atoms with van der Waals surface area (Å²) in [7, 11) is 1.69. The Morgan fingerprint density at radius 3 is 2.81 bits per heavy atom. The van der Waals surface area contributed by atoms with Crippen molar-refractivity contribution in [3.05, 3.63) is 21.9 Å². The van der Waals surface area contributed by atoms with Crippen LogP contribution in [-0.4, -0.2) is 50.9 Å². The molecule has 0 amide bonds. The summed E-state index contributed by atoms with van der Waals surface area (Å²) in [4.78, 5) is 17.8. The summed E-state index contributed by atoms with van der Waals surface area (Å²) in [5, 5.41) is 0. The number of esters is 1. The van der Waals surface area contributed by atoms with E-state index in [1.54, 1.807) is 7.11 Å². The van der Waals surface area contributed by atoms with Gasteiger partial charge in [-0.2, -0.15) is 0 Å². The normalized spacial score (nSPS) is 23.3. The van der Waals surface area contributed by atoms with Crippen molar-refractivity contribution in [3.8, 4) is 0 Å². The number of rotatable bonds is 8. The fourth-order valence-corrected chi connectivity index (χ4v) is 5.25. The van der Waals surface area contributed by atoms with Crippen molar-refractivity contribution in [2.45, 2.75) is 58.1 Å². The molecule has 0 saturated carbocycles. The summed E-state index contributed by atoms with van der Waals surface area (Å²) < 4.78 is 16.5. The van der Waals surface area contributed by atoms with Gasteiger partial charge in [0.05, 0.1) is 18.1 Å². The molecule has 1 aromatic rings. The molecular weight excluding hydrogens is 362 g/mol. The molecule has 2 aliphatic rings. The number of carbonyl (C=O) groups excluding carboxylic acids is 1. The highest BCUT2D eigenvalue weighted by atomic mass is 32.1. The minimum absolute atomic E-state index is 0.0467. The van der Waals surface area contributed by atoms with Crippen LogP contribution in [-0.2, 0) is 25.5 Å².